The molecule has 0 aliphatic rings. The van der Waals surface area contributed by atoms with Crippen LogP contribution in [0.2, 0.25) is 0 Å². The number of halogens is 3. The maximum Gasteiger partial charge on any atom is 0.451 e. The van der Waals surface area contributed by atoms with Crippen molar-refractivity contribution in [1.29, 1.82) is 0 Å². The Bertz CT molecular complexity index is 569. The van der Waals surface area contributed by atoms with Gasteiger partial charge in [0.1, 0.15) is 11.6 Å². The minimum absolute atomic E-state index is 0.112. The molecular weight excluding hydrogens is 273 g/mol. The second-order valence-corrected chi connectivity index (χ2v) is 4.17. The quantitative estimate of drug-likeness (QED) is 0.936. The molecule has 0 saturated heterocycles. The Balaban J connectivity index is 2.30. The van der Waals surface area contributed by atoms with Gasteiger partial charge in [0.15, 0.2) is 0 Å². The van der Waals surface area contributed by atoms with Crippen LogP contribution in [0.5, 0.6) is 0 Å². The van der Waals surface area contributed by atoms with Crippen molar-refractivity contribution < 1.29 is 17.6 Å². The summed E-state index contributed by atoms with van der Waals surface area (Å²) in [7, 11) is 3.15. The van der Waals surface area contributed by atoms with Crippen LogP contribution >= 0.6 is 0 Å². The van der Waals surface area contributed by atoms with Crippen molar-refractivity contribution in [1.82, 2.24) is 9.97 Å². The molecule has 2 aromatic rings. The van der Waals surface area contributed by atoms with Crippen LogP contribution in [0.4, 0.5) is 24.8 Å². The van der Waals surface area contributed by atoms with Gasteiger partial charge in [-0.05, 0) is 6.07 Å². The van der Waals surface area contributed by atoms with Crippen molar-refractivity contribution in [2.75, 3.05) is 24.3 Å². The number of anilines is 2. The Kier molecular flexibility index (Phi) is 3.82. The zero-order valence-corrected chi connectivity index (χ0v) is 10.9. The summed E-state index contributed by atoms with van der Waals surface area (Å²) in [5, 5.41) is 2.60. The fourth-order valence-corrected chi connectivity index (χ4v) is 1.62. The summed E-state index contributed by atoms with van der Waals surface area (Å²) < 4.78 is 43.1. The normalized spacial score (nSPS) is 11.4. The van der Waals surface area contributed by atoms with E-state index in [4.69, 9.17) is 4.42 Å². The van der Waals surface area contributed by atoms with Gasteiger partial charge in [-0.3, -0.25) is 0 Å². The predicted octanol–water partition coefficient (Wildman–Crippen LogP) is 2.77. The fourth-order valence-electron chi connectivity index (χ4n) is 1.62. The summed E-state index contributed by atoms with van der Waals surface area (Å²) in [6.45, 7) is 0.383. The number of nitrogens with zero attached hydrogens (tertiary/aromatic N) is 3. The van der Waals surface area contributed by atoms with Gasteiger partial charge in [-0.1, -0.05) is 0 Å². The van der Waals surface area contributed by atoms with Crippen molar-refractivity contribution in [2.45, 2.75) is 12.7 Å². The third kappa shape index (κ3) is 3.19. The second-order valence-electron chi connectivity index (χ2n) is 4.17. The molecule has 1 N–H and O–H groups in total. The molecule has 108 valence electrons. The molecule has 8 heteroatoms. The monoisotopic (exact) mass is 286 g/mol. The van der Waals surface area contributed by atoms with Gasteiger partial charge < -0.3 is 14.6 Å². The average Bonchev–Trinajstić information content (AvgIpc) is 2.90. The van der Waals surface area contributed by atoms with E-state index < -0.39 is 12.0 Å². The molecule has 0 saturated carbocycles. The lowest BCUT2D eigenvalue weighted by Gasteiger charge is -2.19. The average molecular weight is 286 g/mol. The molecule has 0 unspecified atom stereocenters. The first-order chi connectivity index (χ1) is 9.40. The molecule has 0 atom stereocenters. The maximum atomic E-state index is 12.7. The zero-order chi connectivity index (χ0) is 14.8. The molecule has 0 fully saturated rings. The lowest BCUT2D eigenvalue weighted by atomic mass is 10.3. The van der Waals surface area contributed by atoms with Crippen LogP contribution in [0.3, 0.4) is 0 Å². The van der Waals surface area contributed by atoms with E-state index in [1.807, 2.05) is 0 Å². The SMILES string of the molecule is CNc1cc(N(C)Cc2ccoc2)nc(C(F)(F)F)n1. The molecule has 0 aliphatic carbocycles. The predicted molar refractivity (Wildman–Crippen MR) is 67.4 cm³/mol. The highest BCUT2D eigenvalue weighted by atomic mass is 19.4. The number of rotatable bonds is 4. The molecule has 0 spiro atoms. The van der Waals surface area contributed by atoms with Gasteiger partial charge in [0, 0.05) is 32.3 Å². The first kappa shape index (κ1) is 14.2. The van der Waals surface area contributed by atoms with Crippen LogP contribution in [-0.2, 0) is 12.7 Å². The number of aromatic nitrogens is 2. The summed E-state index contributed by atoms with van der Waals surface area (Å²) in [6, 6.07) is 3.19. The van der Waals surface area contributed by atoms with Gasteiger partial charge in [-0.15, -0.1) is 0 Å². The smallest absolute Gasteiger partial charge is 0.451 e. The van der Waals surface area contributed by atoms with Crippen LogP contribution in [0, 0.1) is 0 Å². The molecule has 2 rings (SSSR count). The molecular formula is C12H13F3N4O. The molecule has 2 heterocycles. The molecule has 0 aromatic carbocycles. The third-order valence-corrected chi connectivity index (χ3v) is 2.61. The van der Waals surface area contributed by atoms with Crippen molar-refractivity contribution >= 4 is 11.6 Å². The molecule has 2 aromatic heterocycles. The summed E-state index contributed by atoms with van der Waals surface area (Å²) in [6.07, 6.45) is -1.55. The maximum absolute atomic E-state index is 12.7. The van der Waals surface area contributed by atoms with E-state index in [0.29, 0.717) is 6.54 Å². The molecule has 0 amide bonds. The molecule has 0 bridgehead atoms. The van der Waals surface area contributed by atoms with Crippen molar-refractivity contribution in [3.8, 4) is 0 Å². The highest BCUT2D eigenvalue weighted by Gasteiger charge is 2.35. The van der Waals surface area contributed by atoms with Crippen LogP contribution in [0.25, 0.3) is 0 Å². The summed E-state index contributed by atoms with van der Waals surface area (Å²) in [5.41, 5.74) is 0.839. The number of nitrogens with one attached hydrogen (secondary N) is 1. The molecule has 0 radical (unpaired) electrons. The van der Waals surface area contributed by atoms with E-state index in [9.17, 15) is 13.2 Å². The van der Waals surface area contributed by atoms with Crippen LogP contribution in [-0.4, -0.2) is 24.1 Å². The molecule has 0 aliphatic heterocycles. The Morgan fingerprint density at radius 2 is 2.10 bits per heavy atom. The largest absolute Gasteiger partial charge is 0.472 e. The summed E-state index contributed by atoms with van der Waals surface area (Å²) in [4.78, 5) is 8.55. The Morgan fingerprint density at radius 1 is 1.35 bits per heavy atom. The van der Waals surface area contributed by atoms with E-state index in [2.05, 4.69) is 15.3 Å². The second kappa shape index (κ2) is 5.40. The van der Waals surface area contributed by atoms with Crippen molar-refractivity contribution in [3.63, 3.8) is 0 Å². The first-order valence-corrected chi connectivity index (χ1v) is 5.76. The van der Waals surface area contributed by atoms with Gasteiger partial charge in [0.25, 0.3) is 0 Å². The fraction of sp³-hybridized carbons (Fsp3) is 0.333. The summed E-state index contributed by atoms with van der Waals surface area (Å²) >= 11 is 0. The minimum atomic E-state index is -4.59. The van der Waals surface area contributed by atoms with E-state index in [-0.39, 0.29) is 11.6 Å². The van der Waals surface area contributed by atoms with E-state index in [1.165, 1.54) is 25.6 Å². The standard InChI is InChI=1S/C12H13F3N4O/c1-16-9-5-10(18-11(17-9)12(13,14)15)19(2)6-8-3-4-20-7-8/h3-5,7H,6H2,1-2H3,(H,16,17,18). The lowest BCUT2D eigenvalue weighted by molar-refractivity contribution is -0.144. The van der Waals surface area contributed by atoms with Gasteiger partial charge >= 0.3 is 6.18 Å². The van der Waals surface area contributed by atoms with Crippen LogP contribution in [0.1, 0.15) is 11.4 Å². The molecule has 20 heavy (non-hydrogen) atoms. The number of hydrogen-bond donors (Lipinski definition) is 1. The van der Waals surface area contributed by atoms with Gasteiger partial charge in [-0.2, -0.15) is 13.2 Å². The van der Waals surface area contributed by atoms with Gasteiger partial charge in [0.05, 0.1) is 12.5 Å². The third-order valence-electron chi connectivity index (χ3n) is 2.61. The van der Waals surface area contributed by atoms with Gasteiger partial charge in [0.2, 0.25) is 5.82 Å². The van der Waals surface area contributed by atoms with E-state index in [1.54, 1.807) is 18.0 Å². The highest BCUT2D eigenvalue weighted by Crippen LogP contribution is 2.29. The Morgan fingerprint density at radius 3 is 2.65 bits per heavy atom. The number of hydrogen-bond acceptors (Lipinski definition) is 5. The van der Waals surface area contributed by atoms with Crippen molar-refractivity contribution in [2.24, 2.45) is 0 Å². The Hall–Kier alpha value is -2.25. The molecule has 5 nitrogen and oxygen atoms in total. The zero-order valence-electron chi connectivity index (χ0n) is 10.9. The summed E-state index contributed by atoms with van der Waals surface area (Å²) in [5.74, 6) is -0.877. The Labute approximate surface area is 113 Å². The van der Waals surface area contributed by atoms with Crippen LogP contribution < -0.4 is 10.2 Å². The topological polar surface area (TPSA) is 54.2 Å². The van der Waals surface area contributed by atoms with Crippen molar-refractivity contribution in [3.05, 3.63) is 36.0 Å². The van der Waals surface area contributed by atoms with Gasteiger partial charge in [-0.25, -0.2) is 9.97 Å². The number of furan rings is 1. The highest BCUT2D eigenvalue weighted by molar-refractivity contribution is 5.49. The minimum Gasteiger partial charge on any atom is -0.472 e. The van der Waals surface area contributed by atoms with Crippen LogP contribution in [0.15, 0.2) is 29.1 Å². The lowest BCUT2D eigenvalue weighted by Crippen LogP contribution is -2.21. The first-order valence-electron chi connectivity index (χ1n) is 5.76. The van der Waals surface area contributed by atoms with E-state index >= 15 is 0 Å². The number of alkyl halides is 3. The van der Waals surface area contributed by atoms with E-state index in [0.717, 1.165) is 5.56 Å².